The number of anilines is 1. The second-order valence-electron chi connectivity index (χ2n) is 5.15. The molecule has 0 bridgehead atoms. The number of aliphatic hydroxyl groups excluding tert-OH is 1. The van der Waals surface area contributed by atoms with Gasteiger partial charge in [0.15, 0.2) is 5.65 Å². The fraction of sp³-hybridized carbons (Fsp3) is 0.188. The van der Waals surface area contributed by atoms with Crippen LogP contribution in [-0.2, 0) is 0 Å². The van der Waals surface area contributed by atoms with Crippen molar-refractivity contribution in [3.63, 3.8) is 0 Å². The van der Waals surface area contributed by atoms with Crippen molar-refractivity contribution >= 4 is 40.2 Å². The van der Waals surface area contributed by atoms with E-state index < -0.39 is 0 Å². The Bertz CT molecular complexity index is 1020. The summed E-state index contributed by atoms with van der Waals surface area (Å²) >= 11 is 12.6. The molecule has 0 aromatic carbocycles. The molecule has 0 aliphatic rings. The Morgan fingerprint density at radius 3 is 2.75 bits per heavy atom. The van der Waals surface area contributed by atoms with Gasteiger partial charge in [-0.05, 0) is 19.4 Å². The molecule has 3 N–H and O–H groups in total. The zero-order chi connectivity index (χ0) is 17.4. The van der Waals surface area contributed by atoms with Crippen LogP contribution in [0, 0.1) is 25.7 Å². The van der Waals surface area contributed by atoms with Crippen LogP contribution in [0.25, 0.3) is 16.9 Å². The first-order chi connectivity index (χ1) is 11.4. The minimum absolute atomic E-state index is 0.0457. The second-order valence-corrected chi connectivity index (χ2v) is 5.88. The van der Waals surface area contributed by atoms with Gasteiger partial charge >= 0.3 is 0 Å². The van der Waals surface area contributed by atoms with Crippen LogP contribution in [-0.4, -0.2) is 31.2 Å². The molecule has 0 aliphatic heterocycles. The first-order valence-corrected chi connectivity index (χ1v) is 7.75. The van der Waals surface area contributed by atoms with E-state index in [1.54, 1.807) is 17.0 Å². The Balaban J connectivity index is 2.39. The number of nitrogens with two attached hydrogens (primary N) is 1. The zero-order valence-electron chi connectivity index (χ0n) is 12.9. The summed E-state index contributed by atoms with van der Waals surface area (Å²) in [6, 6.07) is 0. The minimum Gasteiger partial charge on any atom is -0.384 e. The highest BCUT2D eigenvalue weighted by Gasteiger charge is 2.18. The van der Waals surface area contributed by atoms with Gasteiger partial charge in [-0.15, -0.1) is 0 Å². The van der Waals surface area contributed by atoms with Crippen molar-refractivity contribution in [1.29, 1.82) is 0 Å². The quantitative estimate of drug-likeness (QED) is 0.513. The number of rotatable bonds is 1. The van der Waals surface area contributed by atoms with E-state index in [1.165, 1.54) is 0 Å². The number of hydrogen-bond acceptors (Lipinski definition) is 5. The van der Waals surface area contributed by atoms with Crippen molar-refractivity contribution in [2.75, 3.05) is 12.3 Å². The molecule has 3 rings (SSSR count). The lowest BCUT2D eigenvalue weighted by Gasteiger charge is -2.10. The van der Waals surface area contributed by atoms with Crippen LogP contribution in [0.1, 0.15) is 16.7 Å². The molecule has 122 valence electrons. The molecule has 0 saturated heterocycles. The third-order valence-corrected chi connectivity index (χ3v) is 4.40. The molecular formula is C16H13Cl2N5O. The van der Waals surface area contributed by atoms with Gasteiger partial charge in [0.1, 0.15) is 17.6 Å². The Morgan fingerprint density at radius 1 is 1.29 bits per heavy atom. The average Bonchev–Trinajstić information content (AvgIpc) is 2.89. The molecule has 24 heavy (non-hydrogen) atoms. The SMILES string of the molecule is Cc1cnc(-n2cc(C#CCO)c3c(Cl)nc(N)nc32)c(C)c1Cl. The fourth-order valence-corrected chi connectivity index (χ4v) is 2.84. The third-order valence-electron chi connectivity index (χ3n) is 3.54. The number of aliphatic hydroxyl groups is 1. The lowest BCUT2D eigenvalue weighted by molar-refractivity contribution is 0.350. The Labute approximate surface area is 148 Å². The third kappa shape index (κ3) is 2.67. The molecule has 8 heteroatoms. The molecule has 0 spiro atoms. The van der Waals surface area contributed by atoms with Crippen LogP contribution in [0.5, 0.6) is 0 Å². The molecule has 0 amide bonds. The van der Waals surface area contributed by atoms with Crippen molar-refractivity contribution in [3.05, 3.63) is 39.3 Å². The van der Waals surface area contributed by atoms with Gasteiger partial charge in [-0.3, -0.25) is 4.57 Å². The molecule has 0 saturated carbocycles. The smallest absolute Gasteiger partial charge is 0.223 e. The first-order valence-electron chi connectivity index (χ1n) is 7.00. The van der Waals surface area contributed by atoms with Gasteiger partial charge < -0.3 is 10.8 Å². The summed E-state index contributed by atoms with van der Waals surface area (Å²) in [6.45, 7) is 3.48. The number of aromatic nitrogens is 4. The molecule has 0 aliphatic carbocycles. The lowest BCUT2D eigenvalue weighted by atomic mass is 10.2. The van der Waals surface area contributed by atoms with Crippen molar-refractivity contribution in [2.24, 2.45) is 0 Å². The highest BCUT2D eigenvalue weighted by molar-refractivity contribution is 6.34. The molecule has 3 aromatic rings. The minimum atomic E-state index is -0.270. The molecule has 0 fully saturated rings. The number of aryl methyl sites for hydroxylation is 1. The maximum Gasteiger partial charge on any atom is 0.223 e. The van der Waals surface area contributed by atoms with Gasteiger partial charge in [-0.2, -0.15) is 4.98 Å². The van der Waals surface area contributed by atoms with E-state index >= 15 is 0 Å². The molecule has 0 unspecified atom stereocenters. The van der Waals surface area contributed by atoms with Gasteiger partial charge in [-0.25, -0.2) is 9.97 Å². The monoisotopic (exact) mass is 361 g/mol. The number of pyridine rings is 1. The normalized spacial score (nSPS) is 10.7. The fourth-order valence-electron chi connectivity index (χ4n) is 2.44. The standard InChI is InChI=1S/C16H13Cl2N5O/c1-8-6-20-14(9(2)12(8)17)23-7-10(4-3-5-24)11-13(18)21-16(19)22-15(11)23/h6-7,24H,5H2,1-2H3,(H2,19,21,22). The summed E-state index contributed by atoms with van der Waals surface area (Å²) in [4.78, 5) is 12.7. The van der Waals surface area contributed by atoms with Crippen LogP contribution in [0.15, 0.2) is 12.4 Å². The van der Waals surface area contributed by atoms with E-state index in [2.05, 4.69) is 26.8 Å². The van der Waals surface area contributed by atoms with Crippen LogP contribution in [0.4, 0.5) is 5.95 Å². The molecule has 3 aromatic heterocycles. The van der Waals surface area contributed by atoms with E-state index in [1.807, 2.05) is 13.8 Å². The van der Waals surface area contributed by atoms with Gasteiger partial charge in [0.05, 0.1) is 16.0 Å². The summed E-state index contributed by atoms with van der Waals surface area (Å²) in [5.74, 6) is 6.09. The van der Waals surface area contributed by atoms with Gasteiger partial charge in [-0.1, -0.05) is 35.0 Å². The molecule has 3 heterocycles. The maximum absolute atomic E-state index is 8.95. The highest BCUT2D eigenvalue weighted by atomic mass is 35.5. The summed E-state index contributed by atoms with van der Waals surface area (Å²) < 4.78 is 1.72. The second kappa shape index (κ2) is 6.29. The molecule has 0 radical (unpaired) electrons. The summed E-state index contributed by atoms with van der Waals surface area (Å²) in [5.41, 5.74) is 8.45. The Kier molecular flexibility index (Phi) is 4.33. The van der Waals surface area contributed by atoms with Crippen LogP contribution < -0.4 is 5.73 Å². The van der Waals surface area contributed by atoms with E-state index in [9.17, 15) is 0 Å². The lowest BCUT2D eigenvalue weighted by Crippen LogP contribution is -2.03. The van der Waals surface area contributed by atoms with Gasteiger partial charge in [0, 0.05) is 18.0 Å². The molecule has 0 atom stereocenters. The van der Waals surface area contributed by atoms with E-state index in [0.717, 1.165) is 11.1 Å². The topological polar surface area (TPSA) is 89.8 Å². The van der Waals surface area contributed by atoms with Crippen molar-refractivity contribution in [3.8, 4) is 17.7 Å². The Morgan fingerprint density at radius 2 is 2.04 bits per heavy atom. The number of nitrogens with zero attached hydrogens (tertiary/aromatic N) is 4. The van der Waals surface area contributed by atoms with E-state index in [4.69, 9.17) is 34.0 Å². The van der Waals surface area contributed by atoms with Crippen LogP contribution >= 0.6 is 23.2 Å². The number of hydrogen-bond donors (Lipinski definition) is 2. The van der Waals surface area contributed by atoms with E-state index in [0.29, 0.717) is 27.4 Å². The summed E-state index contributed by atoms with van der Waals surface area (Å²) in [5, 5.41) is 10.3. The first kappa shape index (κ1) is 16.5. The number of halogens is 2. The van der Waals surface area contributed by atoms with E-state index in [-0.39, 0.29) is 17.7 Å². The van der Waals surface area contributed by atoms with Crippen molar-refractivity contribution in [2.45, 2.75) is 13.8 Å². The molecule has 6 nitrogen and oxygen atoms in total. The highest BCUT2D eigenvalue weighted by Crippen LogP contribution is 2.31. The van der Waals surface area contributed by atoms with Crippen LogP contribution in [0.3, 0.4) is 0 Å². The van der Waals surface area contributed by atoms with Crippen LogP contribution in [0.2, 0.25) is 10.2 Å². The number of fused-ring (bicyclic) bond motifs is 1. The molecular weight excluding hydrogens is 349 g/mol. The summed E-state index contributed by atoms with van der Waals surface area (Å²) in [6.07, 6.45) is 3.41. The maximum atomic E-state index is 8.95. The Hall–Kier alpha value is -2.33. The van der Waals surface area contributed by atoms with Gasteiger partial charge in [0.25, 0.3) is 0 Å². The average molecular weight is 362 g/mol. The van der Waals surface area contributed by atoms with Gasteiger partial charge in [0.2, 0.25) is 5.95 Å². The van der Waals surface area contributed by atoms with Crippen molar-refractivity contribution < 1.29 is 5.11 Å². The summed E-state index contributed by atoms with van der Waals surface area (Å²) in [7, 11) is 0. The number of nitrogen functional groups attached to an aromatic ring is 1. The predicted molar refractivity (Wildman–Crippen MR) is 94.5 cm³/mol. The van der Waals surface area contributed by atoms with Crippen molar-refractivity contribution in [1.82, 2.24) is 19.5 Å². The zero-order valence-corrected chi connectivity index (χ0v) is 14.4. The largest absolute Gasteiger partial charge is 0.384 e. The predicted octanol–water partition coefficient (Wildman–Crippen LogP) is 2.67.